The Balaban J connectivity index is 2.91. The maximum absolute atomic E-state index is 11.7. The summed E-state index contributed by atoms with van der Waals surface area (Å²) in [5.74, 6) is 0. The minimum absolute atomic E-state index is 0.0714. The van der Waals surface area contributed by atoms with Crippen molar-refractivity contribution >= 4 is 0 Å². The van der Waals surface area contributed by atoms with Crippen LogP contribution in [-0.4, -0.2) is 11.9 Å². The summed E-state index contributed by atoms with van der Waals surface area (Å²) in [6.45, 7) is 2.18. The fraction of sp³-hybridized carbons (Fsp3) is 1.00. The van der Waals surface area contributed by atoms with Crippen LogP contribution in [0.4, 0.5) is 8.96 Å². The summed E-state index contributed by atoms with van der Waals surface area (Å²) in [6, 6.07) is 0. The Morgan fingerprint density at radius 3 is 1.16 bits per heavy atom. The van der Waals surface area contributed by atoms with Gasteiger partial charge in [0.2, 0.25) is 0 Å². The summed E-state index contributed by atoms with van der Waals surface area (Å²) in [5.41, 5.74) is 0. The molecule has 0 atom stereocenters. The molecule has 0 radical (unpaired) electrons. The number of halogens is 2. The monoisotopic (exact) mass is 277 g/mol. The molecule has 0 aliphatic heterocycles. The van der Waals surface area contributed by atoms with E-state index in [-0.39, 0.29) is 6.54 Å². The Hall–Kier alpha value is -0.180. The Labute approximate surface area is 118 Å². The fourth-order valence-electron chi connectivity index (χ4n) is 2.43. The number of unbranched alkanes of at least 4 members (excludes halogenated alkanes) is 13. The van der Waals surface area contributed by atoms with E-state index in [0.717, 1.165) is 12.8 Å². The summed E-state index contributed by atoms with van der Waals surface area (Å²) in [7, 11) is 0. The number of rotatable bonds is 15. The van der Waals surface area contributed by atoms with Crippen molar-refractivity contribution in [3.63, 3.8) is 0 Å². The first-order valence-corrected chi connectivity index (χ1v) is 8.36. The normalized spacial score (nSPS) is 11.4. The minimum atomic E-state index is -0.708. The lowest BCUT2D eigenvalue weighted by Crippen LogP contribution is -2.02. The average molecular weight is 277 g/mol. The number of hydrogen-bond donors (Lipinski definition) is 0. The molecular weight excluding hydrogens is 244 g/mol. The smallest absolute Gasteiger partial charge is 0.0620 e. The lowest BCUT2D eigenvalue weighted by atomic mass is 10.0. The van der Waals surface area contributed by atoms with Gasteiger partial charge in [-0.15, -0.1) is 8.96 Å². The van der Waals surface area contributed by atoms with Crippen LogP contribution in [-0.2, 0) is 0 Å². The van der Waals surface area contributed by atoms with Gasteiger partial charge in [-0.2, -0.15) is 0 Å². The molecule has 0 aromatic heterocycles. The largest absolute Gasteiger partial charge is 0.102 e. The van der Waals surface area contributed by atoms with Crippen molar-refractivity contribution in [2.24, 2.45) is 0 Å². The van der Waals surface area contributed by atoms with E-state index in [1.807, 2.05) is 0 Å². The molecule has 19 heavy (non-hydrogen) atoms. The molecule has 0 aromatic carbocycles. The highest BCUT2D eigenvalue weighted by atomic mass is 19.4. The minimum Gasteiger partial charge on any atom is -0.102 e. The first-order chi connectivity index (χ1) is 9.27. The maximum atomic E-state index is 11.7. The third kappa shape index (κ3) is 17.8. The van der Waals surface area contributed by atoms with E-state index < -0.39 is 5.34 Å². The molecule has 1 nitrogen and oxygen atoms in total. The molecule has 116 valence electrons. The highest BCUT2D eigenvalue weighted by Crippen LogP contribution is 2.13. The lowest BCUT2D eigenvalue weighted by molar-refractivity contribution is -0.153. The molecule has 0 aliphatic carbocycles. The molecule has 0 unspecified atom stereocenters. The van der Waals surface area contributed by atoms with Crippen LogP contribution in [0, 0.1) is 0 Å². The SMILES string of the molecule is CCCCCCCCCCCCCCCCN(F)F. The Kier molecular flexibility index (Phi) is 15.7. The standard InChI is InChI=1S/C16H33F2N/c1-2-3-4-5-6-7-8-9-10-11-12-13-14-15-16-19(17)18/h2-16H2,1H3. The van der Waals surface area contributed by atoms with Crippen molar-refractivity contribution in [1.82, 2.24) is 5.34 Å². The topological polar surface area (TPSA) is 3.24 Å². The predicted molar refractivity (Wildman–Crippen MR) is 79.2 cm³/mol. The molecular formula is C16H33F2N. The van der Waals surface area contributed by atoms with Crippen molar-refractivity contribution in [2.75, 3.05) is 6.54 Å². The molecule has 0 aromatic rings. The van der Waals surface area contributed by atoms with E-state index in [1.165, 1.54) is 70.6 Å². The quantitative estimate of drug-likeness (QED) is 0.243. The molecule has 0 spiro atoms. The Morgan fingerprint density at radius 2 is 0.842 bits per heavy atom. The van der Waals surface area contributed by atoms with Crippen LogP contribution in [0.2, 0.25) is 0 Å². The number of nitrogens with zero attached hydrogens (tertiary/aromatic N) is 1. The summed E-state index contributed by atoms with van der Waals surface area (Å²) in [5, 5.41) is -0.708. The molecule has 0 saturated carbocycles. The maximum Gasteiger partial charge on any atom is 0.0620 e. The first-order valence-electron chi connectivity index (χ1n) is 8.36. The third-order valence-electron chi connectivity index (χ3n) is 3.68. The predicted octanol–water partition coefficient (Wildman–Crippen LogP) is 6.54. The Bertz CT molecular complexity index is 163. The van der Waals surface area contributed by atoms with Crippen LogP contribution in [0.25, 0.3) is 0 Å². The van der Waals surface area contributed by atoms with E-state index >= 15 is 0 Å². The van der Waals surface area contributed by atoms with Crippen molar-refractivity contribution in [3.05, 3.63) is 0 Å². The van der Waals surface area contributed by atoms with E-state index in [9.17, 15) is 8.96 Å². The van der Waals surface area contributed by atoms with Crippen LogP contribution in [0.5, 0.6) is 0 Å². The fourth-order valence-corrected chi connectivity index (χ4v) is 2.43. The summed E-state index contributed by atoms with van der Waals surface area (Å²) in [6.07, 6.45) is 17.6. The first kappa shape index (κ1) is 18.8. The summed E-state index contributed by atoms with van der Waals surface area (Å²) in [4.78, 5) is 0. The van der Waals surface area contributed by atoms with Crippen LogP contribution in [0.3, 0.4) is 0 Å². The van der Waals surface area contributed by atoms with E-state index in [2.05, 4.69) is 6.92 Å². The Morgan fingerprint density at radius 1 is 0.526 bits per heavy atom. The van der Waals surface area contributed by atoms with Gasteiger partial charge in [0.05, 0.1) is 6.54 Å². The van der Waals surface area contributed by atoms with Gasteiger partial charge in [0.25, 0.3) is 0 Å². The van der Waals surface area contributed by atoms with Gasteiger partial charge >= 0.3 is 0 Å². The molecule has 0 rings (SSSR count). The van der Waals surface area contributed by atoms with Gasteiger partial charge in [0.15, 0.2) is 0 Å². The van der Waals surface area contributed by atoms with Crippen LogP contribution in [0.15, 0.2) is 0 Å². The zero-order chi connectivity index (χ0) is 14.2. The molecule has 3 heteroatoms. The zero-order valence-electron chi connectivity index (χ0n) is 12.8. The molecule has 0 N–H and O–H groups in total. The van der Waals surface area contributed by atoms with Gasteiger partial charge in [-0.3, -0.25) is 0 Å². The van der Waals surface area contributed by atoms with E-state index in [1.54, 1.807) is 0 Å². The van der Waals surface area contributed by atoms with E-state index in [4.69, 9.17) is 0 Å². The number of hydrogen-bond acceptors (Lipinski definition) is 1. The summed E-state index contributed by atoms with van der Waals surface area (Å²) >= 11 is 0. The van der Waals surface area contributed by atoms with Crippen LogP contribution < -0.4 is 0 Å². The van der Waals surface area contributed by atoms with Crippen LogP contribution >= 0.6 is 0 Å². The molecule has 0 bridgehead atoms. The van der Waals surface area contributed by atoms with Crippen molar-refractivity contribution in [3.8, 4) is 0 Å². The van der Waals surface area contributed by atoms with Crippen molar-refractivity contribution in [2.45, 2.75) is 96.8 Å². The van der Waals surface area contributed by atoms with Gasteiger partial charge in [0, 0.05) is 5.34 Å². The van der Waals surface area contributed by atoms with E-state index in [0.29, 0.717) is 6.42 Å². The van der Waals surface area contributed by atoms with Crippen molar-refractivity contribution in [1.29, 1.82) is 0 Å². The second-order valence-electron chi connectivity index (χ2n) is 5.62. The van der Waals surface area contributed by atoms with Gasteiger partial charge < -0.3 is 0 Å². The second-order valence-corrected chi connectivity index (χ2v) is 5.62. The van der Waals surface area contributed by atoms with Crippen molar-refractivity contribution < 1.29 is 8.96 Å². The molecule has 0 amide bonds. The van der Waals surface area contributed by atoms with Gasteiger partial charge in [0.1, 0.15) is 0 Å². The van der Waals surface area contributed by atoms with Gasteiger partial charge in [-0.05, 0) is 6.42 Å². The van der Waals surface area contributed by atoms with Gasteiger partial charge in [-0.1, -0.05) is 90.4 Å². The highest BCUT2D eigenvalue weighted by Gasteiger charge is 1.98. The van der Waals surface area contributed by atoms with Crippen LogP contribution in [0.1, 0.15) is 96.8 Å². The molecule has 0 aliphatic rings. The summed E-state index contributed by atoms with van der Waals surface area (Å²) < 4.78 is 23.4. The highest BCUT2D eigenvalue weighted by molar-refractivity contribution is 4.49. The second kappa shape index (κ2) is 15.9. The third-order valence-corrected chi connectivity index (χ3v) is 3.68. The molecule has 0 heterocycles. The zero-order valence-corrected chi connectivity index (χ0v) is 12.8. The molecule has 0 fully saturated rings. The lowest BCUT2D eigenvalue weighted by Gasteiger charge is -2.03. The molecule has 0 saturated heterocycles. The van der Waals surface area contributed by atoms with Gasteiger partial charge in [-0.25, -0.2) is 0 Å². The average Bonchev–Trinajstić information content (AvgIpc) is 2.39.